The number of halogens is 2. The molecule has 250 valence electrons. The number of aromatic amines is 1. The van der Waals surface area contributed by atoms with Gasteiger partial charge in [-0.2, -0.15) is 20.7 Å². The van der Waals surface area contributed by atoms with Crippen molar-refractivity contribution in [2.24, 2.45) is 0 Å². The van der Waals surface area contributed by atoms with Crippen LogP contribution in [0.5, 0.6) is 0 Å². The molecule has 0 bridgehead atoms. The number of ketones is 2. The summed E-state index contributed by atoms with van der Waals surface area (Å²) < 4.78 is 7.74. The van der Waals surface area contributed by atoms with Crippen LogP contribution >= 0.6 is 23.2 Å². The molecule has 6 aromatic rings. The van der Waals surface area contributed by atoms with Crippen molar-refractivity contribution in [3.05, 3.63) is 129 Å². The summed E-state index contributed by atoms with van der Waals surface area (Å²) in [6.07, 6.45) is 7.78. The van der Waals surface area contributed by atoms with E-state index in [0.29, 0.717) is 40.4 Å². The summed E-state index contributed by atoms with van der Waals surface area (Å²) in [5.74, 6) is 0.185. The van der Waals surface area contributed by atoms with Crippen LogP contribution in [-0.2, 0) is 40.0 Å². The standard InChI is InChI=1S/C22H20ClN3O2.C17H12ClN3O/c23-18-10-17(11-19(27)9-15-4-6-16(13-24)7-5-15)20-14-25-26(21(20)12-18)22-3-1-2-8-28-22;18-14-6-13(16-10-20-21-17(16)8-14)7-15(22)5-11-1-3-12(9-19)4-2-11/h4-7,10,12,14,22H,1-3,8-9,11H2;1-4,6,8,10H,5,7H2,(H,20,21). The Labute approximate surface area is 299 Å². The average Bonchev–Trinajstić information content (AvgIpc) is 3.77. The van der Waals surface area contributed by atoms with Gasteiger partial charge in [0.1, 0.15) is 11.6 Å². The number of ether oxygens (including phenoxy) is 1. The SMILES string of the molecule is N#Cc1ccc(CC(=O)Cc2cc(Cl)cc3[nH]ncc23)cc1.N#Cc1ccc(CC(=O)Cc2cc(Cl)cc3c2cnn3C2CCCCO2)cc1. The molecule has 2 aromatic heterocycles. The van der Waals surface area contributed by atoms with Gasteiger partial charge < -0.3 is 4.74 Å². The number of rotatable bonds is 9. The Kier molecular flexibility index (Phi) is 11.0. The highest BCUT2D eigenvalue weighted by Crippen LogP contribution is 2.30. The maximum absolute atomic E-state index is 12.6. The normalized spacial score (nSPS) is 14.0. The van der Waals surface area contributed by atoms with Crippen LogP contribution in [0.25, 0.3) is 21.8 Å². The van der Waals surface area contributed by atoms with Crippen LogP contribution in [0.4, 0.5) is 0 Å². The lowest BCUT2D eigenvalue weighted by Crippen LogP contribution is -2.19. The highest BCUT2D eigenvalue weighted by Gasteiger charge is 2.20. The van der Waals surface area contributed by atoms with Gasteiger partial charge in [-0.05, 0) is 90.0 Å². The quantitative estimate of drug-likeness (QED) is 0.161. The third-order valence-electron chi connectivity index (χ3n) is 8.55. The van der Waals surface area contributed by atoms with E-state index in [1.54, 1.807) is 48.8 Å². The maximum Gasteiger partial charge on any atom is 0.150 e. The van der Waals surface area contributed by atoms with E-state index in [0.717, 1.165) is 69.9 Å². The highest BCUT2D eigenvalue weighted by atomic mass is 35.5. The van der Waals surface area contributed by atoms with Crippen molar-refractivity contribution in [2.75, 3.05) is 6.61 Å². The first-order chi connectivity index (χ1) is 24.3. The van der Waals surface area contributed by atoms with Gasteiger partial charge in [0, 0.05) is 53.1 Å². The highest BCUT2D eigenvalue weighted by molar-refractivity contribution is 6.31. The van der Waals surface area contributed by atoms with E-state index in [-0.39, 0.29) is 24.2 Å². The Morgan fingerprint density at radius 2 is 1.36 bits per heavy atom. The molecule has 1 aliphatic heterocycles. The first kappa shape index (κ1) is 34.5. The summed E-state index contributed by atoms with van der Waals surface area (Å²) in [6.45, 7) is 0.739. The van der Waals surface area contributed by atoms with Gasteiger partial charge in [0.15, 0.2) is 6.23 Å². The van der Waals surface area contributed by atoms with Gasteiger partial charge in [-0.3, -0.25) is 14.7 Å². The van der Waals surface area contributed by atoms with Gasteiger partial charge in [-0.15, -0.1) is 0 Å². The van der Waals surface area contributed by atoms with Crippen molar-refractivity contribution in [1.29, 1.82) is 10.5 Å². The van der Waals surface area contributed by atoms with E-state index >= 15 is 0 Å². The number of nitrogens with zero attached hydrogens (tertiary/aromatic N) is 5. The van der Waals surface area contributed by atoms with Crippen molar-refractivity contribution < 1.29 is 14.3 Å². The molecule has 4 aromatic carbocycles. The summed E-state index contributed by atoms with van der Waals surface area (Å²) in [7, 11) is 0. The summed E-state index contributed by atoms with van der Waals surface area (Å²) in [5.41, 5.74) is 6.45. The van der Waals surface area contributed by atoms with E-state index in [1.807, 2.05) is 41.1 Å². The zero-order chi connectivity index (χ0) is 35.0. The van der Waals surface area contributed by atoms with E-state index in [9.17, 15) is 9.59 Å². The van der Waals surface area contributed by atoms with Crippen LogP contribution in [0.1, 0.15) is 58.9 Å². The number of aromatic nitrogens is 4. The Hall–Kier alpha value is -5.32. The van der Waals surface area contributed by atoms with E-state index in [4.69, 9.17) is 38.5 Å². The molecule has 0 aliphatic carbocycles. The second-order valence-corrected chi connectivity index (χ2v) is 13.1. The minimum absolute atomic E-state index is 0.0769. The van der Waals surface area contributed by atoms with Crippen molar-refractivity contribution in [3.63, 3.8) is 0 Å². The number of hydrogen-bond acceptors (Lipinski definition) is 7. The minimum Gasteiger partial charge on any atom is -0.356 e. The fourth-order valence-corrected chi connectivity index (χ4v) is 6.58. The Morgan fingerprint density at radius 3 is 1.92 bits per heavy atom. The van der Waals surface area contributed by atoms with E-state index in [2.05, 4.69) is 27.4 Å². The largest absolute Gasteiger partial charge is 0.356 e. The van der Waals surface area contributed by atoms with Crippen molar-refractivity contribution in [1.82, 2.24) is 20.0 Å². The van der Waals surface area contributed by atoms with Crippen LogP contribution in [-0.4, -0.2) is 38.2 Å². The molecular formula is C39H32Cl2N6O3. The molecule has 0 saturated carbocycles. The summed E-state index contributed by atoms with van der Waals surface area (Å²) in [6, 6.07) is 25.6. The zero-order valence-corrected chi connectivity index (χ0v) is 28.5. The maximum atomic E-state index is 12.6. The summed E-state index contributed by atoms with van der Waals surface area (Å²) >= 11 is 12.4. The lowest BCUT2D eigenvalue weighted by atomic mass is 10.00. The minimum atomic E-state index is -0.0769. The molecule has 1 fully saturated rings. The number of carbonyl (C=O) groups is 2. The van der Waals surface area contributed by atoms with Crippen LogP contribution in [0.2, 0.25) is 10.0 Å². The van der Waals surface area contributed by atoms with Crippen molar-refractivity contribution >= 4 is 56.6 Å². The van der Waals surface area contributed by atoms with Gasteiger partial charge in [-0.25, -0.2) is 4.68 Å². The predicted octanol–water partition coefficient (Wildman–Crippen LogP) is 8.06. The number of Topliss-reactive ketones (excluding diaryl/α,β-unsaturated/α-hetero) is 2. The first-order valence-electron chi connectivity index (χ1n) is 16.2. The lowest BCUT2D eigenvalue weighted by Gasteiger charge is -2.23. The molecule has 1 unspecified atom stereocenters. The molecule has 1 N–H and O–H groups in total. The van der Waals surface area contributed by atoms with Gasteiger partial charge in [0.05, 0.1) is 46.7 Å². The number of benzene rings is 4. The second-order valence-electron chi connectivity index (χ2n) is 12.2. The van der Waals surface area contributed by atoms with Crippen molar-refractivity contribution in [2.45, 2.75) is 51.2 Å². The molecule has 0 amide bonds. The molecule has 0 radical (unpaired) electrons. The lowest BCUT2D eigenvalue weighted by molar-refractivity contribution is -0.118. The molecule has 11 heteroatoms. The van der Waals surface area contributed by atoms with Crippen LogP contribution in [0, 0.1) is 22.7 Å². The predicted molar refractivity (Wildman–Crippen MR) is 192 cm³/mol. The topological polar surface area (TPSA) is 137 Å². The molecule has 1 atom stereocenters. The molecule has 0 spiro atoms. The fourth-order valence-electron chi connectivity index (χ4n) is 6.10. The number of fused-ring (bicyclic) bond motifs is 2. The van der Waals surface area contributed by atoms with Crippen molar-refractivity contribution in [3.8, 4) is 12.1 Å². The molecule has 3 heterocycles. The van der Waals surface area contributed by atoms with Gasteiger partial charge in [0.25, 0.3) is 0 Å². The van der Waals surface area contributed by atoms with Gasteiger partial charge in [-0.1, -0.05) is 47.5 Å². The third kappa shape index (κ3) is 8.45. The molecule has 7 rings (SSSR count). The monoisotopic (exact) mass is 702 g/mol. The molecule has 1 aliphatic rings. The fraction of sp³-hybridized carbons (Fsp3) is 0.231. The average molecular weight is 704 g/mol. The Bertz CT molecular complexity index is 2240. The van der Waals surface area contributed by atoms with E-state index in [1.165, 1.54) is 0 Å². The zero-order valence-electron chi connectivity index (χ0n) is 27.0. The summed E-state index contributed by atoms with van der Waals surface area (Å²) in [5, 5.41) is 32.0. The smallest absolute Gasteiger partial charge is 0.150 e. The molecule has 9 nitrogen and oxygen atoms in total. The second kappa shape index (κ2) is 15.9. The van der Waals surface area contributed by atoms with Crippen LogP contribution < -0.4 is 0 Å². The number of hydrogen-bond donors (Lipinski definition) is 1. The van der Waals surface area contributed by atoms with E-state index < -0.39 is 0 Å². The third-order valence-corrected chi connectivity index (χ3v) is 8.98. The summed E-state index contributed by atoms with van der Waals surface area (Å²) in [4.78, 5) is 24.9. The first-order valence-corrected chi connectivity index (χ1v) is 17.0. The van der Waals surface area contributed by atoms with Gasteiger partial charge in [0.2, 0.25) is 0 Å². The van der Waals surface area contributed by atoms with Crippen LogP contribution in [0.3, 0.4) is 0 Å². The van der Waals surface area contributed by atoms with Gasteiger partial charge >= 0.3 is 0 Å². The molecular weight excluding hydrogens is 671 g/mol. The number of H-pyrrole nitrogens is 1. The number of nitriles is 2. The molecule has 1 saturated heterocycles. The van der Waals surface area contributed by atoms with Crippen LogP contribution in [0.15, 0.2) is 85.2 Å². The Balaban J connectivity index is 0.000000178. The number of nitrogens with one attached hydrogen (secondary N) is 1. The Morgan fingerprint density at radius 1 is 0.780 bits per heavy atom. The molecule has 50 heavy (non-hydrogen) atoms. The number of carbonyl (C=O) groups excluding carboxylic acids is 2.